The van der Waals surface area contributed by atoms with Crippen LogP contribution in [-0.4, -0.2) is 88.9 Å². The first-order valence-electron chi connectivity index (χ1n) is 15.0. The number of hydrogen-bond donors (Lipinski definition) is 1. The number of carbonyl (C=O) groups is 6. The molecule has 47 heavy (non-hydrogen) atoms. The van der Waals surface area contributed by atoms with Crippen LogP contribution in [0.3, 0.4) is 0 Å². The minimum absolute atomic E-state index is 0.0585. The molecule has 0 saturated carbocycles. The number of amides is 5. The first kappa shape index (κ1) is 37.0. The number of carbonyl (C=O) groups excluding carboxylic acids is 6. The highest BCUT2D eigenvalue weighted by Gasteiger charge is 2.51. The lowest BCUT2D eigenvalue weighted by Crippen LogP contribution is -2.67. The Balaban J connectivity index is 2.00. The molecule has 0 unspecified atom stereocenters. The summed E-state index contributed by atoms with van der Waals surface area (Å²) in [6.45, 7) is 6.91. The molecule has 1 N–H and O–H groups in total. The van der Waals surface area contributed by atoms with Crippen LogP contribution in [0.25, 0.3) is 0 Å². The van der Waals surface area contributed by atoms with Crippen LogP contribution in [0, 0.1) is 0 Å². The van der Waals surface area contributed by atoms with E-state index in [1.165, 1.54) is 20.8 Å². The van der Waals surface area contributed by atoms with E-state index >= 15 is 0 Å². The molecule has 14 heteroatoms. The van der Waals surface area contributed by atoms with E-state index in [9.17, 15) is 28.8 Å². The van der Waals surface area contributed by atoms with Crippen molar-refractivity contribution in [3.8, 4) is 0 Å². The summed E-state index contributed by atoms with van der Waals surface area (Å²) in [7, 11) is 0. The summed E-state index contributed by atoms with van der Waals surface area (Å²) >= 11 is 0. The molecule has 1 aliphatic heterocycles. The highest BCUT2D eigenvalue weighted by molar-refractivity contribution is 6.03. The maximum absolute atomic E-state index is 13.6. The molecule has 1 aliphatic rings. The fourth-order valence-electron chi connectivity index (χ4n) is 5.05. The van der Waals surface area contributed by atoms with Gasteiger partial charge in [-0.1, -0.05) is 60.7 Å². The number of ether oxygens (including phenoxy) is 5. The van der Waals surface area contributed by atoms with Crippen molar-refractivity contribution in [1.82, 2.24) is 15.3 Å². The molecule has 254 valence electrons. The van der Waals surface area contributed by atoms with Crippen LogP contribution in [0.2, 0.25) is 0 Å². The number of imide groups is 2. The van der Waals surface area contributed by atoms with E-state index in [0.29, 0.717) is 10.0 Å². The van der Waals surface area contributed by atoms with Crippen molar-refractivity contribution in [2.75, 3.05) is 6.61 Å². The lowest BCUT2D eigenvalue weighted by Gasteiger charge is -2.46. The summed E-state index contributed by atoms with van der Waals surface area (Å²) in [6, 6.07) is 17.3. The maximum atomic E-state index is 13.6. The number of rotatable bonds is 12. The zero-order chi connectivity index (χ0) is 34.7. The van der Waals surface area contributed by atoms with Gasteiger partial charge in [-0.3, -0.25) is 28.8 Å². The Morgan fingerprint density at radius 1 is 0.766 bits per heavy atom. The van der Waals surface area contributed by atoms with Gasteiger partial charge in [-0.25, -0.2) is 0 Å². The fourth-order valence-corrected chi connectivity index (χ4v) is 5.05. The number of nitrogens with one attached hydrogen (secondary N) is 1. The Hall–Kier alpha value is -4.50. The third-order valence-electron chi connectivity index (χ3n) is 6.98. The molecule has 5 amide bonds. The monoisotopic (exact) mass is 655 g/mol. The molecule has 0 aliphatic carbocycles. The normalized spacial score (nSPS) is 21.2. The zero-order valence-electron chi connectivity index (χ0n) is 27.2. The smallest absolute Gasteiger partial charge is 0.303 e. The van der Waals surface area contributed by atoms with Gasteiger partial charge in [0.2, 0.25) is 23.6 Å². The van der Waals surface area contributed by atoms with Crippen LogP contribution in [0.15, 0.2) is 60.7 Å². The van der Waals surface area contributed by atoms with E-state index < -0.39 is 72.3 Å². The van der Waals surface area contributed by atoms with Crippen molar-refractivity contribution < 1.29 is 52.5 Å². The largest absolute Gasteiger partial charge is 0.457 e. The quantitative estimate of drug-likeness (QED) is 0.263. The van der Waals surface area contributed by atoms with Crippen LogP contribution >= 0.6 is 0 Å². The van der Waals surface area contributed by atoms with E-state index in [1.807, 2.05) is 60.7 Å². The van der Waals surface area contributed by atoms with Gasteiger partial charge in [0.15, 0.2) is 12.4 Å². The third-order valence-corrected chi connectivity index (χ3v) is 6.98. The van der Waals surface area contributed by atoms with Gasteiger partial charge in [-0.05, 0) is 18.1 Å². The molecule has 1 fully saturated rings. The lowest BCUT2D eigenvalue weighted by atomic mass is 9.95. The Morgan fingerprint density at radius 2 is 1.30 bits per heavy atom. The van der Waals surface area contributed by atoms with Crippen LogP contribution in [0.1, 0.15) is 52.7 Å². The van der Waals surface area contributed by atoms with Gasteiger partial charge < -0.3 is 29.0 Å². The second-order valence-electron chi connectivity index (χ2n) is 10.9. The summed E-state index contributed by atoms with van der Waals surface area (Å²) in [6.07, 6.45) is -6.29. The van der Waals surface area contributed by atoms with E-state index in [0.717, 1.165) is 31.9 Å². The number of hydrogen-bond acceptors (Lipinski definition) is 11. The maximum Gasteiger partial charge on any atom is 0.303 e. The number of benzene rings is 2. The first-order valence-corrected chi connectivity index (χ1v) is 15.0. The summed E-state index contributed by atoms with van der Waals surface area (Å²) < 4.78 is 30.2. The second kappa shape index (κ2) is 17.4. The SMILES string of the molecule is CC(=O)N[C@H]1[C@@H](OCc2ccccc2)O[C@H](COCc2ccccc2)[C@@H](OC(C)=O)[C@@H]1O[C@@H](C)C(=O)N(C(C)=O)N(C(C)=O)C(C)=O. The van der Waals surface area contributed by atoms with Crippen LogP contribution < -0.4 is 5.32 Å². The first-order chi connectivity index (χ1) is 22.3. The van der Waals surface area contributed by atoms with Gasteiger partial charge in [-0.2, -0.15) is 10.0 Å². The van der Waals surface area contributed by atoms with Crippen LogP contribution in [0.5, 0.6) is 0 Å². The predicted molar refractivity (Wildman–Crippen MR) is 164 cm³/mol. The molecule has 0 aromatic heterocycles. The molecular formula is C33H41N3O11. The van der Waals surface area contributed by atoms with Gasteiger partial charge in [0.25, 0.3) is 5.91 Å². The Labute approximate surface area is 273 Å². The summed E-state index contributed by atoms with van der Waals surface area (Å²) in [5, 5.41) is 3.50. The fraction of sp³-hybridized carbons (Fsp3) is 0.455. The average molecular weight is 656 g/mol. The molecule has 0 spiro atoms. The second-order valence-corrected chi connectivity index (χ2v) is 10.9. The zero-order valence-corrected chi connectivity index (χ0v) is 27.2. The topological polar surface area (TPSA) is 167 Å². The van der Waals surface area contributed by atoms with Crippen molar-refractivity contribution in [1.29, 1.82) is 0 Å². The number of esters is 1. The minimum atomic E-state index is -1.52. The van der Waals surface area contributed by atoms with Crippen molar-refractivity contribution >= 4 is 35.5 Å². The Morgan fingerprint density at radius 3 is 1.79 bits per heavy atom. The summed E-state index contributed by atoms with van der Waals surface area (Å²) in [4.78, 5) is 75.5. The molecule has 0 radical (unpaired) electrons. The van der Waals surface area contributed by atoms with Gasteiger partial charge in [-0.15, -0.1) is 0 Å². The summed E-state index contributed by atoms with van der Waals surface area (Å²) in [5.74, 6) is -4.96. The lowest BCUT2D eigenvalue weighted by molar-refractivity contribution is -0.289. The van der Waals surface area contributed by atoms with Gasteiger partial charge in [0, 0.05) is 34.6 Å². The van der Waals surface area contributed by atoms with E-state index in [4.69, 9.17) is 23.7 Å². The molecule has 2 aromatic carbocycles. The third kappa shape index (κ3) is 10.5. The molecule has 2 aromatic rings. The van der Waals surface area contributed by atoms with Crippen LogP contribution in [0.4, 0.5) is 0 Å². The summed E-state index contributed by atoms with van der Waals surface area (Å²) in [5.41, 5.74) is 1.67. The molecule has 1 heterocycles. The standard InChI is InChI=1S/C33H41N3O11/c1-20(32(42)36(24(5)40)35(22(3)38)23(4)39)45-31-29(34-21(2)37)33(44-18-27-15-11-8-12-16-27)47-28(30(31)46-25(6)41)19-43-17-26-13-9-7-10-14-26/h7-16,20,28-31,33H,17-19H2,1-6H3,(H,34,37)/t20-,28+,29+,30+,31+,33-/m0/s1. The van der Waals surface area contributed by atoms with Gasteiger partial charge >= 0.3 is 5.97 Å². The Bertz CT molecular complexity index is 1390. The highest BCUT2D eigenvalue weighted by Crippen LogP contribution is 2.30. The van der Waals surface area contributed by atoms with Crippen molar-refractivity contribution in [3.05, 3.63) is 71.8 Å². The van der Waals surface area contributed by atoms with E-state index in [1.54, 1.807) is 0 Å². The van der Waals surface area contributed by atoms with E-state index in [2.05, 4.69) is 5.32 Å². The Kier molecular flexibility index (Phi) is 13.7. The van der Waals surface area contributed by atoms with Crippen molar-refractivity contribution in [3.63, 3.8) is 0 Å². The van der Waals surface area contributed by atoms with Crippen molar-refractivity contribution in [2.24, 2.45) is 0 Å². The molecule has 0 bridgehead atoms. The van der Waals surface area contributed by atoms with Gasteiger partial charge in [0.1, 0.15) is 24.4 Å². The molecule has 14 nitrogen and oxygen atoms in total. The predicted octanol–water partition coefficient (Wildman–Crippen LogP) is 2.04. The van der Waals surface area contributed by atoms with Crippen LogP contribution in [-0.2, 0) is 65.7 Å². The minimum Gasteiger partial charge on any atom is -0.457 e. The number of nitrogens with zero attached hydrogens (tertiary/aromatic N) is 2. The molecule has 1 saturated heterocycles. The molecule has 3 rings (SSSR count). The molecule has 6 atom stereocenters. The van der Waals surface area contributed by atoms with E-state index in [-0.39, 0.29) is 19.8 Å². The number of hydrazine groups is 1. The van der Waals surface area contributed by atoms with Gasteiger partial charge in [0.05, 0.1) is 19.8 Å². The average Bonchev–Trinajstić information content (AvgIpc) is 3.01. The highest BCUT2D eigenvalue weighted by atomic mass is 16.7. The molecular weight excluding hydrogens is 614 g/mol. The van der Waals surface area contributed by atoms with Crippen molar-refractivity contribution in [2.45, 2.75) is 91.5 Å².